The van der Waals surface area contributed by atoms with Crippen LogP contribution in [0.5, 0.6) is 0 Å². The van der Waals surface area contributed by atoms with Gasteiger partial charge in [-0.2, -0.15) is 0 Å². The van der Waals surface area contributed by atoms with Gasteiger partial charge in [0.15, 0.2) is 0 Å². The van der Waals surface area contributed by atoms with E-state index >= 15 is 0 Å². The number of halogens is 1. The molecule has 0 aliphatic carbocycles. The number of rotatable bonds is 7. The van der Waals surface area contributed by atoms with E-state index in [1.54, 1.807) is 6.07 Å². The van der Waals surface area contributed by atoms with Crippen molar-refractivity contribution in [3.05, 3.63) is 35.1 Å². The SMILES string of the molecule is CCC1CCN(Cc2cc(CNCC(C)C)ccc2F)C1. The van der Waals surface area contributed by atoms with Gasteiger partial charge in [-0.3, -0.25) is 4.90 Å². The van der Waals surface area contributed by atoms with Gasteiger partial charge in [0.25, 0.3) is 0 Å². The quantitative estimate of drug-likeness (QED) is 0.822. The molecule has 118 valence electrons. The van der Waals surface area contributed by atoms with Crippen molar-refractivity contribution >= 4 is 0 Å². The Hall–Kier alpha value is -0.930. The molecule has 1 saturated heterocycles. The molecule has 0 amide bonds. The van der Waals surface area contributed by atoms with E-state index in [4.69, 9.17) is 0 Å². The Morgan fingerprint density at radius 2 is 2.19 bits per heavy atom. The highest BCUT2D eigenvalue weighted by Crippen LogP contribution is 2.22. The van der Waals surface area contributed by atoms with Crippen LogP contribution in [0.4, 0.5) is 4.39 Å². The van der Waals surface area contributed by atoms with Gasteiger partial charge < -0.3 is 5.32 Å². The molecule has 0 bridgehead atoms. The number of hydrogen-bond acceptors (Lipinski definition) is 2. The van der Waals surface area contributed by atoms with Crippen LogP contribution >= 0.6 is 0 Å². The first kappa shape index (κ1) is 16.4. The summed E-state index contributed by atoms with van der Waals surface area (Å²) in [7, 11) is 0. The Labute approximate surface area is 128 Å². The van der Waals surface area contributed by atoms with Gasteiger partial charge in [0, 0.05) is 25.2 Å². The van der Waals surface area contributed by atoms with Crippen LogP contribution in [0.15, 0.2) is 18.2 Å². The Bertz CT molecular complexity index is 445. The summed E-state index contributed by atoms with van der Waals surface area (Å²) in [5, 5.41) is 3.42. The van der Waals surface area contributed by atoms with E-state index in [1.807, 2.05) is 12.1 Å². The molecule has 1 atom stereocenters. The molecule has 0 radical (unpaired) electrons. The third-order valence-electron chi connectivity index (χ3n) is 4.33. The normalized spacial score (nSPS) is 19.6. The number of nitrogens with one attached hydrogen (secondary N) is 1. The highest BCUT2D eigenvalue weighted by Gasteiger charge is 2.21. The summed E-state index contributed by atoms with van der Waals surface area (Å²) >= 11 is 0. The average molecular weight is 292 g/mol. The van der Waals surface area contributed by atoms with E-state index in [0.717, 1.165) is 44.2 Å². The average Bonchev–Trinajstić information content (AvgIpc) is 2.90. The van der Waals surface area contributed by atoms with E-state index in [2.05, 4.69) is 31.0 Å². The summed E-state index contributed by atoms with van der Waals surface area (Å²) in [6, 6.07) is 5.54. The Kier molecular flexibility index (Phi) is 6.19. The predicted molar refractivity (Wildman–Crippen MR) is 86.6 cm³/mol. The van der Waals surface area contributed by atoms with Gasteiger partial charge >= 0.3 is 0 Å². The zero-order valence-corrected chi connectivity index (χ0v) is 13.7. The summed E-state index contributed by atoms with van der Waals surface area (Å²) in [5.74, 6) is 1.37. The number of benzene rings is 1. The van der Waals surface area contributed by atoms with E-state index in [9.17, 15) is 4.39 Å². The standard InChI is InChI=1S/C18H29FN2/c1-4-15-7-8-21(12-15)13-17-9-16(5-6-18(17)19)11-20-10-14(2)3/h5-6,9,14-15,20H,4,7-8,10-13H2,1-3H3. The van der Waals surface area contributed by atoms with Gasteiger partial charge in [-0.25, -0.2) is 4.39 Å². The molecule has 2 nitrogen and oxygen atoms in total. The molecule has 1 aromatic rings. The fourth-order valence-electron chi connectivity index (χ4n) is 2.99. The topological polar surface area (TPSA) is 15.3 Å². The molecule has 1 unspecified atom stereocenters. The largest absolute Gasteiger partial charge is 0.312 e. The highest BCUT2D eigenvalue weighted by atomic mass is 19.1. The number of nitrogens with zero attached hydrogens (tertiary/aromatic N) is 1. The molecule has 1 heterocycles. The van der Waals surface area contributed by atoms with Crippen LogP contribution in [0.2, 0.25) is 0 Å². The first-order chi connectivity index (χ1) is 10.1. The van der Waals surface area contributed by atoms with Crippen LogP contribution in [-0.4, -0.2) is 24.5 Å². The second-order valence-corrected chi connectivity index (χ2v) is 6.75. The third-order valence-corrected chi connectivity index (χ3v) is 4.33. The molecule has 2 rings (SSSR count). The molecule has 0 saturated carbocycles. The lowest BCUT2D eigenvalue weighted by atomic mass is 10.1. The van der Waals surface area contributed by atoms with Crippen molar-refractivity contribution in [1.82, 2.24) is 10.2 Å². The monoisotopic (exact) mass is 292 g/mol. The minimum absolute atomic E-state index is 0.0671. The summed E-state index contributed by atoms with van der Waals surface area (Å²) in [4.78, 5) is 2.39. The molecular formula is C18H29FN2. The van der Waals surface area contributed by atoms with Crippen molar-refractivity contribution < 1.29 is 4.39 Å². The zero-order valence-electron chi connectivity index (χ0n) is 13.7. The summed E-state index contributed by atoms with van der Waals surface area (Å²) in [6.07, 6.45) is 2.49. The number of likely N-dealkylation sites (tertiary alicyclic amines) is 1. The second-order valence-electron chi connectivity index (χ2n) is 6.75. The molecule has 1 aromatic carbocycles. The summed E-state index contributed by atoms with van der Waals surface area (Å²) < 4.78 is 14.0. The van der Waals surface area contributed by atoms with Gasteiger partial charge in [0.05, 0.1) is 0 Å². The van der Waals surface area contributed by atoms with Crippen molar-refractivity contribution in [2.75, 3.05) is 19.6 Å². The van der Waals surface area contributed by atoms with E-state index in [-0.39, 0.29) is 5.82 Å². The van der Waals surface area contributed by atoms with Crippen LogP contribution in [0.25, 0.3) is 0 Å². The minimum Gasteiger partial charge on any atom is -0.312 e. The second kappa shape index (κ2) is 7.90. The first-order valence-corrected chi connectivity index (χ1v) is 8.28. The van der Waals surface area contributed by atoms with Crippen molar-refractivity contribution in [1.29, 1.82) is 0 Å². The van der Waals surface area contributed by atoms with E-state index in [1.165, 1.54) is 18.4 Å². The van der Waals surface area contributed by atoms with E-state index in [0.29, 0.717) is 5.92 Å². The fraction of sp³-hybridized carbons (Fsp3) is 0.667. The Morgan fingerprint density at radius 1 is 1.38 bits per heavy atom. The van der Waals surface area contributed by atoms with Crippen LogP contribution in [0.3, 0.4) is 0 Å². The van der Waals surface area contributed by atoms with Crippen LogP contribution in [-0.2, 0) is 13.1 Å². The van der Waals surface area contributed by atoms with Crippen molar-refractivity contribution in [3.63, 3.8) is 0 Å². The summed E-state index contributed by atoms with van der Waals surface area (Å²) in [6.45, 7) is 11.4. The lowest BCUT2D eigenvalue weighted by molar-refractivity contribution is 0.310. The Balaban J connectivity index is 1.92. The van der Waals surface area contributed by atoms with Gasteiger partial charge in [0.2, 0.25) is 0 Å². The molecular weight excluding hydrogens is 263 g/mol. The molecule has 0 spiro atoms. The third kappa shape index (κ3) is 5.08. The number of hydrogen-bond donors (Lipinski definition) is 1. The van der Waals surface area contributed by atoms with Crippen LogP contribution < -0.4 is 5.32 Å². The first-order valence-electron chi connectivity index (χ1n) is 8.28. The maximum Gasteiger partial charge on any atom is 0.127 e. The van der Waals surface area contributed by atoms with Crippen molar-refractivity contribution in [3.8, 4) is 0 Å². The van der Waals surface area contributed by atoms with Crippen molar-refractivity contribution in [2.24, 2.45) is 11.8 Å². The van der Waals surface area contributed by atoms with E-state index < -0.39 is 0 Å². The van der Waals surface area contributed by atoms with Crippen molar-refractivity contribution in [2.45, 2.75) is 46.7 Å². The molecule has 1 aliphatic rings. The molecule has 0 aromatic heterocycles. The molecule has 1 N–H and O–H groups in total. The molecule has 1 fully saturated rings. The van der Waals surface area contributed by atoms with Gasteiger partial charge in [-0.1, -0.05) is 39.3 Å². The minimum atomic E-state index is -0.0671. The van der Waals surface area contributed by atoms with Gasteiger partial charge in [0.1, 0.15) is 5.82 Å². The highest BCUT2D eigenvalue weighted by molar-refractivity contribution is 5.25. The smallest absolute Gasteiger partial charge is 0.127 e. The van der Waals surface area contributed by atoms with Gasteiger partial charge in [-0.15, -0.1) is 0 Å². The Morgan fingerprint density at radius 3 is 2.86 bits per heavy atom. The lowest BCUT2D eigenvalue weighted by Gasteiger charge is -2.17. The molecule has 21 heavy (non-hydrogen) atoms. The fourth-order valence-corrected chi connectivity index (χ4v) is 2.99. The lowest BCUT2D eigenvalue weighted by Crippen LogP contribution is -2.22. The maximum atomic E-state index is 14.0. The van der Waals surface area contributed by atoms with Crippen LogP contribution in [0, 0.1) is 17.7 Å². The summed E-state index contributed by atoms with van der Waals surface area (Å²) in [5.41, 5.74) is 2.02. The predicted octanol–water partition coefficient (Wildman–Crippen LogP) is 3.80. The zero-order chi connectivity index (χ0) is 15.2. The van der Waals surface area contributed by atoms with Gasteiger partial charge in [-0.05, 0) is 43.0 Å². The molecule has 1 aliphatic heterocycles. The van der Waals surface area contributed by atoms with Crippen LogP contribution in [0.1, 0.15) is 44.7 Å². The maximum absolute atomic E-state index is 14.0. The molecule has 3 heteroatoms.